The van der Waals surface area contributed by atoms with E-state index in [1.807, 2.05) is 6.92 Å². The van der Waals surface area contributed by atoms with Gasteiger partial charge >= 0.3 is 5.97 Å². The largest absolute Gasteiger partial charge is 0.465 e. The van der Waals surface area contributed by atoms with Crippen molar-refractivity contribution in [3.05, 3.63) is 23.8 Å². The second-order valence-electron chi connectivity index (χ2n) is 4.29. The van der Waals surface area contributed by atoms with Gasteiger partial charge in [-0.25, -0.2) is 4.79 Å². The summed E-state index contributed by atoms with van der Waals surface area (Å²) in [5, 5.41) is 5.83. The zero-order valence-corrected chi connectivity index (χ0v) is 11.9. The van der Waals surface area contributed by atoms with E-state index >= 15 is 0 Å². The van der Waals surface area contributed by atoms with Crippen molar-refractivity contribution < 1.29 is 14.3 Å². The number of para-hydroxylation sites is 1. The number of carbonyl (C=O) groups excluding carboxylic acids is 2. The summed E-state index contributed by atoms with van der Waals surface area (Å²) >= 11 is 0. The number of nitrogens with two attached hydrogens (primary N) is 1. The maximum Gasteiger partial charge on any atom is 0.340 e. The minimum atomic E-state index is -0.480. The van der Waals surface area contributed by atoms with Crippen molar-refractivity contribution in [3.8, 4) is 0 Å². The van der Waals surface area contributed by atoms with Crippen molar-refractivity contribution in [1.29, 1.82) is 0 Å². The third kappa shape index (κ3) is 4.46. The van der Waals surface area contributed by atoms with E-state index in [9.17, 15) is 9.59 Å². The van der Waals surface area contributed by atoms with Gasteiger partial charge in [-0.1, -0.05) is 13.0 Å². The van der Waals surface area contributed by atoms with Gasteiger partial charge in [-0.2, -0.15) is 0 Å². The van der Waals surface area contributed by atoms with Crippen LogP contribution in [0.1, 0.15) is 30.1 Å². The number of esters is 1. The third-order valence-corrected chi connectivity index (χ3v) is 2.75. The van der Waals surface area contributed by atoms with Crippen LogP contribution in [0.3, 0.4) is 0 Å². The van der Waals surface area contributed by atoms with Crippen molar-refractivity contribution in [1.82, 2.24) is 5.32 Å². The highest BCUT2D eigenvalue weighted by Gasteiger charge is 2.12. The summed E-state index contributed by atoms with van der Waals surface area (Å²) in [6, 6.07) is 5.06. The van der Waals surface area contributed by atoms with Gasteiger partial charge in [0.25, 0.3) is 0 Å². The van der Waals surface area contributed by atoms with Crippen molar-refractivity contribution in [2.45, 2.75) is 19.8 Å². The summed E-state index contributed by atoms with van der Waals surface area (Å²) in [7, 11) is 1.31. The van der Waals surface area contributed by atoms with Gasteiger partial charge in [0.15, 0.2) is 0 Å². The summed E-state index contributed by atoms with van der Waals surface area (Å²) in [4.78, 5) is 22.9. The van der Waals surface area contributed by atoms with E-state index in [4.69, 9.17) is 5.73 Å². The highest BCUT2D eigenvalue weighted by molar-refractivity contribution is 5.98. The summed E-state index contributed by atoms with van der Waals surface area (Å²) < 4.78 is 4.65. The Kier molecular flexibility index (Phi) is 6.36. The van der Waals surface area contributed by atoms with Gasteiger partial charge < -0.3 is 21.1 Å². The molecule has 0 fully saturated rings. The Bertz CT molecular complexity index is 475. The summed E-state index contributed by atoms with van der Waals surface area (Å²) in [6.45, 7) is 3.13. The number of carbonyl (C=O) groups is 2. The van der Waals surface area contributed by atoms with E-state index in [1.54, 1.807) is 18.2 Å². The number of hydrogen-bond acceptors (Lipinski definition) is 5. The number of rotatable bonds is 7. The molecular formula is C14H21N3O3. The molecule has 0 bridgehead atoms. The number of methoxy groups -OCH3 is 1. The maximum absolute atomic E-state index is 11.5. The lowest BCUT2D eigenvalue weighted by atomic mass is 10.1. The molecule has 1 aromatic carbocycles. The number of nitrogen functional groups attached to an aromatic ring is 1. The first-order valence-corrected chi connectivity index (χ1v) is 6.57. The van der Waals surface area contributed by atoms with Crippen LogP contribution < -0.4 is 16.4 Å². The second-order valence-corrected chi connectivity index (χ2v) is 4.29. The molecule has 0 aliphatic carbocycles. The van der Waals surface area contributed by atoms with Crippen LogP contribution in [0.4, 0.5) is 11.4 Å². The molecule has 0 spiro atoms. The average molecular weight is 279 g/mol. The highest BCUT2D eigenvalue weighted by atomic mass is 16.5. The van der Waals surface area contributed by atoms with Gasteiger partial charge in [0.05, 0.1) is 24.0 Å². The van der Waals surface area contributed by atoms with Gasteiger partial charge in [-0.05, 0) is 18.6 Å². The molecule has 0 unspecified atom stereocenters. The van der Waals surface area contributed by atoms with E-state index in [2.05, 4.69) is 15.4 Å². The zero-order chi connectivity index (χ0) is 15.0. The molecule has 0 aliphatic heterocycles. The van der Waals surface area contributed by atoms with E-state index in [-0.39, 0.29) is 5.91 Å². The summed E-state index contributed by atoms with van der Waals surface area (Å²) in [5.41, 5.74) is 7.15. The van der Waals surface area contributed by atoms with Gasteiger partial charge in [0, 0.05) is 19.5 Å². The van der Waals surface area contributed by atoms with Crippen LogP contribution in [0.15, 0.2) is 18.2 Å². The first-order valence-electron chi connectivity index (χ1n) is 6.57. The molecule has 6 nitrogen and oxygen atoms in total. The molecule has 0 aliphatic rings. The Morgan fingerprint density at radius 3 is 2.70 bits per heavy atom. The number of ether oxygens (including phenoxy) is 1. The average Bonchev–Trinajstić information content (AvgIpc) is 2.46. The van der Waals surface area contributed by atoms with Gasteiger partial charge in [0.1, 0.15) is 0 Å². The van der Waals surface area contributed by atoms with Crippen molar-refractivity contribution >= 4 is 23.3 Å². The van der Waals surface area contributed by atoms with Crippen molar-refractivity contribution in [3.63, 3.8) is 0 Å². The molecule has 0 heterocycles. The lowest BCUT2D eigenvalue weighted by Gasteiger charge is -2.11. The molecule has 1 amide bonds. The molecular weight excluding hydrogens is 258 g/mol. The van der Waals surface area contributed by atoms with Crippen LogP contribution in [0.2, 0.25) is 0 Å². The van der Waals surface area contributed by atoms with Gasteiger partial charge in [0.2, 0.25) is 5.91 Å². The van der Waals surface area contributed by atoms with E-state index < -0.39 is 5.97 Å². The Labute approximate surface area is 118 Å². The predicted octanol–water partition coefficient (Wildman–Crippen LogP) is 1.38. The molecule has 0 saturated carbocycles. The molecule has 20 heavy (non-hydrogen) atoms. The lowest BCUT2D eigenvalue weighted by molar-refractivity contribution is -0.120. The topological polar surface area (TPSA) is 93.5 Å². The first-order chi connectivity index (χ1) is 9.60. The Hall–Kier alpha value is -2.24. The zero-order valence-electron chi connectivity index (χ0n) is 11.9. The smallest absolute Gasteiger partial charge is 0.340 e. The van der Waals surface area contributed by atoms with Gasteiger partial charge in [-0.3, -0.25) is 4.79 Å². The van der Waals surface area contributed by atoms with Crippen LogP contribution in [-0.2, 0) is 9.53 Å². The third-order valence-electron chi connectivity index (χ3n) is 2.75. The molecule has 0 aromatic heterocycles. The Morgan fingerprint density at radius 2 is 2.05 bits per heavy atom. The minimum Gasteiger partial charge on any atom is -0.465 e. The molecule has 0 atom stereocenters. The molecule has 6 heteroatoms. The monoisotopic (exact) mass is 279 g/mol. The van der Waals surface area contributed by atoms with Crippen LogP contribution in [0.25, 0.3) is 0 Å². The quantitative estimate of drug-likeness (QED) is 0.518. The first kappa shape index (κ1) is 15.8. The Morgan fingerprint density at radius 1 is 1.30 bits per heavy atom. The van der Waals surface area contributed by atoms with E-state index in [1.165, 1.54) is 7.11 Å². The van der Waals surface area contributed by atoms with E-state index in [0.717, 1.165) is 6.42 Å². The van der Waals surface area contributed by atoms with Crippen molar-refractivity contribution in [2.24, 2.45) is 0 Å². The summed E-state index contributed by atoms with van der Waals surface area (Å²) in [6.07, 6.45) is 1.26. The number of nitrogens with one attached hydrogen (secondary N) is 2. The molecule has 110 valence electrons. The van der Waals surface area contributed by atoms with Crippen molar-refractivity contribution in [2.75, 3.05) is 31.2 Å². The number of hydrogen-bond donors (Lipinski definition) is 3. The number of anilines is 2. The molecule has 1 rings (SSSR count). The SMILES string of the molecule is CCCNC(=O)CCNc1cccc(C(=O)OC)c1N. The predicted molar refractivity (Wildman–Crippen MR) is 78.6 cm³/mol. The number of benzene rings is 1. The molecule has 0 radical (unpaired) electrons. The fourth-order valence-electron chi connectivity index (χ4n) is 1.67. The lowest BCUT2D eigenvalue weighted by Crippen LogP contribution is -2.26. The fraction of sp³-hybridized carbons (Fsp3) is 0.429. The summed E-state index contributed by atoms with van der Waals surface area (Å²) in [5.74, 6) is -0.492. The highest BCUT2D eigenvalue weighted by Crippen LogP contribution is 2.23. The van der Waals surface area contributed by atoms with Crippen LogP contribution in [-0.4, -0.2) is 32.1 Å². The molecule has 4 N–H and O–H groups in total. The fourth-order valence-corrected chi connectivity index (χ4v) is 1.67. The molecule has 1 aromatic rings. The van der Waals surface area contributed by atoms with Gasteiger partial charge in [-0.15, -0.1) is 0 Å². The normalized spacial score (nSPS) is 9.90. The maximum atomic E-state index is 11.5. The van der Waals surface area contributed by atoms with Crippen LogP contribution in [0, 0.1) is 0 Å². The Balaban J connectivity index is 2.56. The van der Waals surface area contributed by atoms with Crippen LogP contribution in [0.5, 0.6) is 0 Å². The number of amides is 1. The standard InChI is InChI=1S/C14H21N3O3/c1-3-8-17-12(18)7-9-16-11-6-4-5-10(13(11)15)14(19)20-2/h4-6,16H,3,7-9,15H2,1-2H3,(H,17,18). The van der Waals surface area contributed by atoms with E-state index in [0.29, 0.717) is 36.4 Å². The second kappa shape index (κ2) is 8.04. The van der Waals surface area contributed by atoms with Crippen LogP contribution >= 0.6 is 0 Å². The minimum absolute atomic E-state index is 0.0120. The molecule has 0 saturated heterocycles.